The molecule has 2 aromatic rings. The Morgan fingerprint density at radius 2 is 1.56 bits per heavy atom. The Balaban J connectivity index is 2.38. The van der Waals surface area contributed by atoms with Crippen LogP contribution in [0.15, 0.2) is 60.7 Å². The van der Waals surface area contributed by atoms with E-state index in [9.17, 15) is 27.9 Å². The number of hydrogen-bond acceptors (Lipinski definition) is 3. The van der Waals surface area contributed by atoms with Crippen molar-refractivity contribution in [3.8, 4) is 0 Å². The number of carboxylic acids is 1. The fourth-order valence-electron chi connectivity index (χ4n) is 2.73. The molecule has 8 heteroatoms. The van der Waals surface area contributed by atoms with Crippen LogP contribution in [-0.2, 0) is 26.3 Å². The van der Waals surface area contributed by atoms with Crippen LogP contribution in [0.3, 0.4) is 0 Å². The predicted octanol–water partition coefficient (Wildman–Crippen LogP) is 2.90. The van der Waals surface area contributed by atoms with Crippen molar-refractivity contribution < 1.29 is 32.6 Å². The SMILES string of the molecule is CO[C@](C(=O)N[C@H](Cc1ccccc1)C(=O)O)(c1ccccc1)C(F)(F)F. The molecule has 5 nitrogen and oxygen atoms in total. The van der Waals surface area contributed by atoms with Gasteiger partial charge in [-0.2, -0.15) is 13.2 Å². The number of nitrogens with one attached hydrogen (secondary N) is 1. The molecule has 1 amide bonds. The maximum atomic E-state index is 13.9. The number of halogens is 3. The Labute approximate surface area is 153 Å². The molecule has 0 unspecified atom stereocenters. The van der Waals surface area contributed by atoms with Crippen LogP contribution in [0.2, 0.25) is 0 Å². The number of amides is 1. The lowest BCUT2D eigenvalue weighted by atomic mass is 9.91. The van der Waals surface area contributed by atoms with E-state index in [-0.39, 0.29) is 6.42 Å². The number of carbonyl (C=O) groups excluding carboxylic acids is 1. The number of benzene rings is 2. The maximum Gasteiger partial charge on any atom is 0.430 e. The summed E-state index contributed by atoms with van der Waals surface area (Å²) in [4.78, 5) is 24.1. The molecule has 0 spiro atoms. The van der Waals surface area contributed by atoms with Crippen LogP contribution in [0, 0.1) is 0 Å². The van der Waals surface area contributed by atoms with Gasteiger partial charge in [-0.05, 0) is 5.56 Å². The van der Waals surface area contributed by atoms with Crippen LogP contribution in [0.4, 0.5) is 13.2 Å². The van der Waals surface area contributed by atoms with Gasteiger partial charge in [0.25, 0.3) is 11.5 Å². The van der Waals surface area contributed by atoms with E-state index >= 15 is 0 Å². The van der Waals surface area contributed by atoms with Gasteiger partial charge in [-0.1, -0.05) is 60.7 Å². The second-order valence-corrected chi connectivity index (χ2v) is 5.80. The van der Waals surface area contributed by atoms with Crippen LogP contribution in [0.5, 0.6) is 0 Å². The number of hydrogen-bond donors (Lipinski definition) is 2. The lowest BCUT2D eigenvalue weighted by Gasteiger charge is -2.34. The molecular weight excluding hydrogens is 363 g/mol. The third kappa shape index (κ3) is 4.28. The zero-order chi connectivity index (χ0) is 20.1. The summed E-state index contributed by atoms with van der Waals surface area (Å²) >= 11 is 0. The maximum absolute atomic E-state index is 13.9. The van der Waals surface area contributed by atoms with E-state index in [0.717, 1.165) is 19.2 Å². The van der Waals surface area contributed by atoms with Crippen molar-refractivity contribution in [2.24, 2.45) is 0 Å². The van der Waals surface area contributed by atoms with Gasteiger partial charge in [0.05, 0.1) is 0 Å². The van der Waals surface area contributed by atoms with Gasteiger partial charge in [-0.3, -0.25) is 4.79 Å². The molecule has 0 saturated heterocycles. The number of methoxy groups -OCH3 is 1. The molecule has 2 N–H and O–H groups in total. The largest absolute Gasteiger partial charge is 0.480 e. The third-order valence-electron chi connectivity index (χ3n) is 4.09. The highest BCUT2D eigenvalue weighted by Crippen LogP contribution is 2.42. The van der Waals surface area contributed by atoms with Crippen LogP contribution >= 0.6 is 0 Å². The first-order valence-corrected chi connectivity index (χ1v) is 7.97. The summed E-state index contributed by atoms with van der Waals surface area (Å²) in [5.41, 5.74) is -3.21. The molecule has 144 valence electrons. The number of carbonyl (C=O) groups is 2. The standard InChI is InChI=1S/C19H18F3NO4/c1-27-18(19(20,21)22,14-10-6-3-7-11-14)17(26)23-15(16(24)25)12-13-8-4-2-5-9-13/h2-11,15H,12H2,1H3,(H,23,26)(H,24,25)/t15-,18+/m1/s1. The Morgan fingerprint density at radius 3 is 2.00 bits per heavy atom. The van der Waals surface area contributed by atoms with Crippen molar-refractivity contribution >= 4 is 11.9 Å². The molecule has 2 rings (SSSR count). The van der Waals surface area contributed by atoms with E-state index < -0.39 is 35.3 Å². The Kier molecular flexibility index (Phi) is 6.22. The van der Waals surface area contributed by atoms with Gasteiger partial charge < -0.3 is 15.2 Å². The van der Waals surface area contributed by atoms with E-state index in [2.05, 4.69) is 4.74 Å². The van der Waals surface area contributed by atoms with Crippen molar-refractivity contribution in [2.75, 3.05) is 7.11 Å². The lowest BCUT2D eigenvalue weighted by Crippen LogP contribution is -2.59. The predicted molar refractivity (Wildman–Crippen MR) is 90.9 cm³/mol. The minimum absolute atomic E-state index is 0.172. The van der Waals surface area contributed by atoms with Gasteiger partial charge in [-0.25, -0.2) is 4.79 Å². The van der Waals surface area contributed by atoms with Gasteiger partial charge in [0.1, 0.15) is 6.04 Å². The summed E-state index contributed by atoms with van der Waals surface area (Å²) < 4.78 is 46.2. The smallest absolute Gasteiger partial charge is 0.430 e. The molecular formula is C19H18F3NO4. The van der Waals surface area contributed by atoms with E-state index in [0.29, 0.717) is 5.56 Å². The Morgan fingerprint density at radius 1 is 1.04 bits per heavy atom. The van der Waals surface area contributed by atoms with Crippen LogP contribution in [0.25, 0.3) is 0 Å². The van der Waals surface area contributed by atoms with Crippen LogP contribution in [-0.4, -0.2) is 36.3 Å². The minimum Gasteiger partial charge on any atom is -0.480 e. The van der Waals surface area contributed by atoms with E-state index in [1.807, 2.05) is 5.32 Å². The summed E-state index contributed by atoms with van der Waals surface area (Å²) in [6.45, 7) is 0. The van der Waals surface area contributed by atoms with Crippen molar-refractivity contribution in [1.29, 1.82) is 0 Å². The number of carboxylic acid groups (broad SMARTS) is 1. The molecule has 0 aliphatic heterocycles. The van der Waals surface area contributed by atoms with Crippen LogP contribution in [0.1, 0.15) is 11.1 Å². The molecule has 27 heavy (non-hydrogen) atoms. The van der Waals surface area contributed by atoms with Gasteiger partial charge in [0.15, 0.2) is 0 Å². The van der Waals surface area contributed by atoms with E-state index in [4.69, 9.17) is 0 Å². The molecule has 0 heterocycles. The van der Waals surface area contributed by atoms with Gasteiger partial charge in [-0.15, -0.1) is 0 Å². The lowest BCUT2D eigenvalue weighted by molar-refractivity contribution is -0.266. The summed E-state index contributed by atoms with van der Waals surface area (Å²) in [6.07, 6.45) is -5.28. The number of ether oxygens (including phenoxy) is 1. The number of rotatable bonds is 7. The average Bonchev–Trinajstić information content (AvgIpc) is 2.62. The van der Waals surface area contributed by atoms with E-state index in [1.54, 1.807) is 30.3 Å². The summed E-state index contributed by atoms with van der Waals surface area (Å²) in [7, 11) is 0.757. The first kappa shape index (κ1) is 20.4. The zero-order valence-corrected chi connectivity index (χ0v) is 14.4. The second-order valence-electron chi connectivity index (χ2n) is 5.80. The highest BCUT2D eigenvalue weighted by Gasteiger charge is 2.63. The fraction of sp³-hybridized carbons (Fsp3) is 0.263. The van der Waals surface area contributed by atoms with Crippen molar-refractivity contribution in [3.05, 3.63) is 71.8 Å². The van der Waals surface area contributed by atoms with Crippen molar-refractivity contribution in [3.63, 3.8) is 0 Å². The molecule has 0 radical (unpaired) electrons. The fourth-order valence-corrected chi connectivity index (χ4v) is 2.73. The average molecular weight is 381 g/mol. The molecule has 2 aromatic carbocycles. The second kappa shape index (κ2) is 8.22. The topological polar surface area (TPSA) is 75.6 Å². The van der Waals surface area contributed by atoms with Crippen LogP contribution < -0.4 is 5.32 Å². The first-order chi connectivity index (χ1) is 12.7. The molecule has 0 aliphatic rings. The summed E-state index contributed by atoms with van der Waals surface area (Å²) in [6, 6.07) is 13.1. The number of alkyl halides is 3. The normalized spacial score (nSPS) is 14.8. The number of aliphatic carboxylic acids is 1. The van der Waals surface area contributed by atoms with Crippen molar-refractivity contribution in [1.82, 2.24) is 5.32 Å². The monoisotopic (exact) mass is 381 g/mol. The molecule has 0 saturated carbocycles. The highest BCUT2D eigenvalue weighted by atomic mass is 19.4. The summed E-state index contributed by atoms with van der Waals surface area (Å²) in [5, 5.41) is 11.3. The molecule has 2 atom stereocenters. The Bertz CT molecular complexity index is 781. The quantitative estimate of drug-likeness (QED) is 0.773. The van der Waals surface area contributed by atoms with Gasteiger partial charge in [0.2, 0.25) is 0 Å². The van der Waals surface area contributed by atoms with Gasteiger partial charge in [0, 0.05) is 19.1 Å². The Hall–Kier alpha value is -2.87. The molecule has 0 aromatic heterocycles. The minimum atomic E-state index is -5.11. The van der Waals surface area contributed by atoms with E-state index in [1.165, 1.54) is 18.2 Å². The highest BCUT2D eigenvalue weighted by molar-refractivity contribution is 5.91. The molecule has 0 aliphatic carbocycles. The first-order valence-electron chi connectivity index (χ1n) is 7.97. The van der Waals surface area contributed by atoms with Gasteiger partial charge >= 0.3 is 12.1 Å². The summed E-state index contributed by atoms with van der Waals surface area (Å²) in [5.74, 6) is -3.04. The van der Waals surface area contributed by atoms with Crippen molar-refractivity contribution in [2.45, 2.75) is 24.2 Å². The molecule has 0 fully saturated rings. The third-order valence-corrected chi connectivity index (χ3v) is 4.09. The zero-order valence-electron chi connectivity index (χ0n) is 14.4. The molecule has 0 bridgehead atoms.